The highest BCUT2D eigenvalue weighted by Gasteiger charge is 2.34. The van der Waals surface area contributed by atoms with Gasteiger partial charge in [0.25, 0.3) is 10.0 Å². The van der Waals surface area contributed by atoms with Crippen molar-refractivity contribution in [2.75, 3.05) is 13.1 Å². The Bertz CT molecular complexity index is 1100. The van der Waals surface area contributed by atoms with Crippen LogP contribution in [0.1, 0.15) is 31.4 Å². The van der Waals surface area contributed by atoms with Crippen LogP contribution < -0.4 is 5.32 Å². The van der Waals surface area contributed by atoms with E-state index in [0.29, 0.717) is 23.6 Å². The number of carbonyl (C=O) groups is 1. The van der Waals surface area contributed by atoms with Crippen LogP contribution in [0, 0.1) is 5.92 Å². The van der Waals surface area contributed by atoms with Crippen molar-refractivity contribution in [1.82, 2.24) is 9.62 Å². The molecule has 0 unspecified atom stereocenters. The molecule has 1 amide bonds. The van der Waals surface area contributed by atoms with Crippen LogP contribution >= 0.6 is 11.3 Å². The molecule has 29 heavy (non-hydrogen) atoms. The minimum atomic E-state index is -3.52. The van der Waals surface area contributed by atoms with Crippen LogP contribution in [0.5, 0.6) is 0 Å². The summed E-state index contributed by atoms with van der Waals surface area (Å²) in [5.74, 6) is -0.424. The Morgan fingerprint density at radius 3 is 2.72 bits per heavy atom. The van der Waals surface area contributed by atoms with Gasteiger partial charge in [-0.15, -0.1) is 11.3 Å². The molecule has 0 spiro atoms. The first-order valence-electron chi connectivity index (χ1n) is 9.78. The predicted octanol–water partition coefficient (Wildman–Crippen LogP) is 4.18. The maximum Gasteiger partial charge on any atom is 0.252 e. The van der Waals surface area contributed by atoms with Gasteiger partial charge in [-0.2, -0.15) is 4.31 Å². The topological polar surface area (TPSA) is 66.5 Å². The highest BCUT2D eigenvalue weighted by atomic mass is 32.2. The second-order valence-electron chi connectivity index (χ2n) is 7.43. The fraction of sp³-hybridized carbons (Fsp3) is 0.318. The molecule has 152 valence electrons. The normalized spacial score (nSPS) is 19.1. The van der Waals surface area contributed by atoms with E-state index in [9.17, 15) is 13.2 Å². The molecule has 1 fully saturated rings. The molecule has 0 radical (unpaired) electrons. The average Bonchev–Trinajstić information content (AvgIpc) is 3.29. The van der Waals surface area contributed by atoms with Crippen molar-refractivity contribution < 1.29 is 13.2 Å². The molecule has 5 nitrogen and oxygen atoms in total. The number of sulfonamides is 1. The zero-order valence-electron chi connectivity index (χ0n) is 16.2. The van der Waals surface area contributed by atoms with Crippen LogP contribution in [0.2, 0.25) is 0 Å². The molecule has 3 aromatic rings. The van der Waals surface area contributed by atoms with Crippen molar-refractivity contribution in [2.45, 2.75) is 30.0 Å². The summed E-state index contributed by atoms with van der Waals surface area (Å²) in [5, 5.41) is 7.12. The van der Waals surface area contributed by atoms with Gasteiger partial charge in [0.05, 0.1) is 12.0 Å². The van der Waals surface area contributed by atoms with Crippen LogP contribution in [0.4, 0.5) is 0 Å². The van der Waals surface area contributed by atoms with Gasteiger partial charge in [-0.3, -0.25) is 4.79 Å². The number of benzene rings is 2. The molecule has 0 bridgehead atoms. The Morgan fingerprint density at radius 2 is 1.93 bits per heavy atom. The van der Waals surface area contributed by atoms with Crippen molar-refractivity contribution >= 4 is 38.0 Å². The number of nitrogens with one attached hydrogen (secondary N) is 1. The minimum Gasteiger partial charge on any atom is -0.349 e. The third-order valence-electron chi connectivity index (χ3n) is 5.49. The van der Waals surface area contributed by atoms with Crippen molar-refractivity contribution in [3.63, 3.8) is 0 Å². The molecule has 0 saturated carbocycles. The predicted molar refractivity (Wildman–Crippen MR) is 116 cm³/mol. The fourth-order valence-corrected chi connectivity index (χ4v) is 6.62. The van der Waals surface area contributed by atoms with E-state index < -0.39 is 10.0 Å². The van der Waals surface area contributed by atoms with E-state index in [-0.39, 0.29) is 24.4 Å². The summed E-state index contributed by atoms with van der Waals surface area (Å²) in [7, 11) is -3.52. The fourth-order valence-electron chi connectivity index (χ4n) is 3.95. The minimum absolute atomic E-state index is 0.0866. The number of amides is 1. The summed E-state index contributed by atoms with van der Waals surface area (Å²) >= 11 is 1.21. The third kappa shape index (κ3) is 4.08. The number of hydrogen-bond acceptors (Lipinski definition) is 4. The van der Waals surface area contributed by atoms with E-state index in [2.05, 4.69) is 23.5 Å². The number of thiophene rings is 1. The van der Waals surface area contributed by atoms with Crippen molar-refractivity contribution in [3.05, 3.63) is 65.5 Å². The van der Waals surface area contributed by atoms with E-state index in [4.69, 9.17) is 0 Å². The quantitative estimate of drug-likeness (QED) is 0.663. The van der Waals surface area contributed by atoms with Gasteiger partial charge in [0, 0.05) is 13.1 Å². The van der Waals surface area contributed by atoms with Gasteiger partial charge >= 0.3 is 0 Å². The summed E-state index contributed by atoms with van der Waals surface area (Å²) in [6.45, 7) is 2.67. The molecular weight excluding hydrogens is 404 g/mol. The summed E-state index contributed by atoms with van der Waals surface area (Å²) in [5.41, 5.74) is 1.07. The molecule has 2 atom stereocenters. The lowest BCUT2D eigenvalue weighted by molar-refractivity contribution is -0.126. The van der Waals surface area contributed by atoms with Gasteiger partial charge in [0.2, 0.25) is 5.91 Å². The van der Waals surface area contributed by atoms with Crippen LogP contribution in [-0.2, 0) is 14.8 Å². The smallest absolute Gasteiger partial charge is 0.252 e. The zero-order valence-corrected chi connectivity index (χ0v) is 17.9. The maximum atomic E-state index is 12.9. The maximum absolute atomic E-state index is 12.9. The lowest BCUT2D eigenvalue weighted by atomic mass is 9.96. The largest absolute Gasteiger partial charge is 0.349 e. The zero-order chi connectivity index (χ0) is 20.4. The highest BCUT2D eigenvalue weighted by Crippen LogP contribution is 2.28. The number of hydrogen-bond donors (Lipinski definition) is 1. The molecule has 1 N–H and O–H groups in total. The molecule has 4 rings (SSSR count). The molecule has 1 aliphatic rings. The lowest BCUT2D eigenvalue weighted by Crippen LogP contribution is -2.45. The van der Waals surface area contributed by atoms with E-state index in [0.717, 1.165) is 16.3 Å². The van der Waals surface area contributed by atoms with Crippen LogP contribution in [0.15, 0.2) is 64.2 Å². The van der Waals surface area contributed by atoms with Crippen LogP contribution in [-0.4, -0.2) is 31.7 Å². The van der Waals surface area contributed by atoms with Crippen LogP contribution in [0.3, 0.4) is 0 Å². The van der Waals surface area contributed by atoms with Crippen LogP contribution in [0.25, 0.3) is 10.8 Å². The van der Waals surface area contributed by atoms with Gasteiger partial charge in [0.1, 0.15) is 4.21 Å². The first-order valence-corrected chi connectivity index (χ1v) is 12.1. The van der Waals surface area contributed by atoms with Gasteiger partial charge in [0.15, 0.2) is 0 Å². The molecule has 2 heterocycles. The average molecular weight is 429 g/mol. The Kier molecular flexibility index (Phi) is 5.72. The van der Waals surface area contributed by atoms with Crippen molar-refractivity contribution in [2.24, 2.45) is 5.92 Å². The van der Waals surface area contributed by atoms with Gasteiger partial charge in [-0.1, -0.05) is 48.5 Å². The molecule has 7 heteroatoms. The number of piperidine rings is 1. The van der Waals surface area contributed by atoms with Crippen molar-refractivity contribution in [1.29, 1.82) is 0 Å². The summed E-state index contributed by atoms with van der Waals surface area (Å²) in [4.78, 5) is 12.9. The van der Waals surface area contributed by atoms with Crippen molar-refractivity contribution in [3.8, 4) is 0 Å². The molecule has 1 saturated heterocycles. The molecule has 1 aliphatic heterocycles. The lowest BCUT2D eigenvalue weighted by Gasteiger charge is -2.31. The number of nitrogens with zero attached hydrogens (tertiary/aromatic N) is 1. The monoisotopic (exact) mass is 428 g/mol. The second-order valence-corrected chi connectivity index (χ2v) is 10.5. The third-order valence-corrected chi connectivity index (χ3v) is 8.73. The molecular formula is C22H24N2O3S2. The number of fused-ring (bicyclic) bond motifs is 1. The molecule has 1 aromatic heterocycles. The first-order chi connectivity index (χ1) is 14.0. The van der Waals surface area contributed by atoms with Gasteiger partial charge in [-0.05, 0) is 47.5 Å². The van der Waals surface area contributed by atoms with E-state index >= 15 is 0 Å². The Morgan fingerprint density at radius 1 is 1.14 bits per heavy atom. The van der Waals surface area contributed by atoms with E-state index in [1.165, 1.54) is 15.6 Å². The van der Waals surface area contributed by atoms with Gasteiger partial charge in [-0.25, -0.2) is 8.42 Å². The van der Waals surface area contributed by atoms with E-state index in [1.807, 2.05) is 31.2 Å². The highest BCUT2D eigenvalue weighted by molar-refractivity contribution is 7.91. The SMILES string of the molecule is C[C@H](NC(=O)[C@@H]1CCCN(S(=O)(=O)c2cccs2)C1)c1cccc2ccccc12. The Hall–Kier alpha value is -2.22. The Balaban J connectivity index is 1.48. The molecule has 0 aliphatic carbocycles. The first kappa shape index (κ1) is 20.1. The van der Waals surface area contributed by atoms with E-state index in [1.54, 1.807) is 17.5 Å². The summed E-state index contributed by atoms with van der Waals surface area (Å²) < 4.78 is 27.4. The second kappa shape index (κ2) is 8.26. The standard InChI is InChI=1S/C22H24N2O3S2/c1-16(19-11-4-8-17-7-2-3-10-20(17)19)23-22(25)18-9-5-13-24(15-18)29(26,27)21-12-6-14-28-21/h2-4,6-8,10-12,14,16,18H,5,9,13,15H2,1H3,(H,23,25)/t16-,18+/m0/s1. The Labute approximate surface area is 175 Å². The van der Waals surface area contributed by atoms with Gasteiger partial charge < -0.3 is 5.32 Å². The molecule has 2 aromatic carbocycles. The number of rotatable bonds is 5. The summed E-state index contributed by atoms with van der Waals surface area (Å²) in [6, 6.07) is 17.4. The summed E-state index contributed by atoms with van der Waals surface area (Å²) in [6.07, 6.45) is 1.38. The number of carbonyl (C=O) groups excluding carboxylic acids is 1.